The Balaban J connectivity index is 0.00000561. The van der Waals surface area contributed by atoms with Crippen molar-refractivity contribution in [2.75, 3.05) is 39.9 Å². The fourth-order valence-electron chi connectivity index (χ4n) is 6.35. The van der Waals surface area contributed by atoms with Gasteiger partial charge < -0.3 is 23.8 Å². The highest BCUT2D eigenvalue weighted by Crippen LogP contribution is 2.30. The van der Waals surface area contributed by atoms with Crippen molar-refractivity contribution in [2.24, 2.45) is 0 Å². The van der Waals surface area contributed by atoms with Crippen molar-refractivity contribution in [1.29, 1.82) is 0 Å². The van der Waals surface area contributed by atoms with Gasteiger partial charge in [0, 0.05) is 51.3 Å². The number of aryl methyl sites for hydroxylation is 3. The largest absolute Gasteiger partial charge is 0.497 e. The maximum atomic E-state index is 13.1. The van der Waals surface area contributed by atoms with Gasteiger partial charge in [-0.1, -0.05) is 30.3 Å². The van der Waals surface area contributed by atoms with Crippen LogP contribution >= 0.6 is 12.4 Å². The van der Waals surface area contributed by atoms with E-state index >= 15 is 0 Å². The minimum Gasteiger partial charge on any atom is -0.497 e. The number of rotatable bonds is 14. The van der Waals surface area contributed by atoms with Gasteiger partial charge in [-0.3, -0.25) is 9.69 Å². The fraction of sp³-hybridized carbons (Fsp3) is 0.273. The average molecular weight is 752 g/mol. The van der Waals surface area contributed by atoms with Gasteiger partial charge in [-0.2, -0.15) is 0 Å². The highest BCUT2D eigenvalue weighted by Gasteiger charge is 2.20. The van der Waals surface area contributed by atoms with Gasteiger partial charge in [0.2, 0.25) is 11.8 Å². The summed E-state index contributed by atoms with van der Waals surface area (Å²) in [5, 5.41) is 0. The Hall–Kier alpha value is -5.38. The molecule has 1 aromatic heterocycles. The summed E-state index contributed by atoms with van der Waals surface area (Å²) in [4.78, 5) is 21.9. The van der Waals surface area contributed by atoms with Crippen molar-refractivity contribution in [3.05, 3.63) is 148 Å². The number of carbonyl (C=O) groups excluding carboxylic acids is 1. The molecule has 5 aromatic rings. The standard InChI is InChI=1S/C44H46FN3O5.ClH/c1-31-25-36(5-9-37(31)19-24-51-40-14-10-38(45)11-15-40)29-47-20-22-48(23-21-47)43(49)18-8-35-26-32(2)44(33(3)27-35)53-42-17-16-41(28-46-42)52-30-34-6-12-39(50-4)13-7-34;/h5-18,25-28H,19-24,29-30H2,1-4H3;1H. The first-order chi connectivity index (χ1) is 25.7. The molecule has 1 saturated heterocycles. The average Bonchev–Trinajstić information content (AvgIpc) is 3.17. The number of carbonyl (C=O) groups is 1. The first kappa shape index (κ1) is 39.8. The van der Waals surface area contributed by atoms with Gasteiger partial charge in [-0.15, -0.1) is 12.4 Å². The molecular weight excluding hydrogens is 705 g/mol. The highest BCUT2D eigenvalue weighted by molar-refractivity contribution is 5.92. The third kappa shape index (κ3) is 11.1. The van der Waals surface area contributed by atoms with Gasteiger partial charge in [0.05, 0.1) is 19.9 Å². The van der Waals surface area contributed by atoms with Gasteiger partial charge >= 0.3 is 0 Å². The van der Waals surface area contributed by atoms with Gasteiger partial charge in [0.1, 0.15) is 35.4 Å². The van der Waals surface area contributed by atoms with E-state index in [9.17, 15) is 9.18 Å². The van der Waals surface area contributed by atoms with Gasteiger partial charge in [-0.25, -0.2) is 9.37 Å². The minimum absolute atomic E-state index is 0. The molecule has 10 heteroatoms. The smallest absolute Gasteiger partial charge is 0.246 e. The molecule has 1 amide bonds. The normalized spacial score (nSPS) is 13.0. The van der Waals surface area contributed by atoms with Crippen LogP contribution in [0.5, 0.6) is 28.9 Å². The zero-order chi connectivity index (χ0) is 37.2. The number of hydrogen-bond acceptors (Lipinski definition) is 7. The Labute approximate surface area is 323 Å². The van der Waals surface area contributed by atoms with E-state index in [2.05, 4.69) is 35.0 Å². The zero-order valence-corrected chi connectivity index (χ0v) is 32.0. The number of amides is 1. The molecule has 2 heterocycles. The van der Waals surface area contributed by atoms with Crippen LogP contribution in [0.2, 0.25) is 0 Å². The second-order valence-corrected chi connectivity index (χ2v) is 13.3. The van der Waals surface area contributed by atoms with Crippen molar-refractivity contribution in [2.45, 2.75) is 40.3 Å². The number of benzene rings is 4. The number of piperazine rings is 1. The third-order valence-electron chi connectivity index (χ3n) is 9.33. The lowest BCUT2D eigenvalue weighted by Crippen LogP contribution is -2.47. The first-order valence-corrected chi connectivity index (χ1v) is 17.9. The SMILES string of the molecule is COc1ccc(COc2ccc(Oc3c(C)cc(C=CC(=O)N4CCN(Cc5ccc(CCOc6ccc(F)cc6)c(C)c5)CC4)cc3C)nc2)cc1.Cl. The van der Waals surface area contributed by atoms with Crippen LogP contribution < -0.4 is 18.9 Å². The monoisotopic (exact) mass is 751 g/mol. The molecule has 0 unspecified atom stereocenters. The molecule has 8 nitrogen and oxygen atoms in total. The second kappa shape index (κ2) is 19.1. The molecule has 0 radical (unpaired) electrons. The molecule has 0 saturated carbocycles. The van der Waals surface area contributed by atoms with E-state index in [1.807, 2.05) is 67.3 Å². The number of nitrogens with zero attached hydrogens (tertiary/aromatic N) is 3. The summed E-state index contributed by atoms with van der Waals surface area (Å²) in [5.41, 5.74) is 7.60. The molecule has 0 bridgehead atoms. The molecule has 0 aliphatic carbocycles. The van der Waals surface area contributed by atoms with Crippen LogP contribution in [0.4, 0.5) is 4.39 Å². The van der Waals surface area contributed by atoms with Crippen LogP contribution in [0, 0.1) is 26.6 Å². The van der Waals surface area contributed by atoms with E-state index < -0.39 is 0 Å². The van der Waals surface area contributed by atoms with Crippen molar-refractivity contribution in [3.63, 3.8) is 0 Å². The van der Waals surface area contributed by atoms with Gasteiger partial charge in [-0.05, 0) is 120 Å². The number of ether oxygens (including phenoxy) is 4. The van der Waals surface area contributed by atoms with Crippen molar-refractivity contribution >= 4 is 24.4 Å². The maximum Gasteiger partial charge on any atom is 0.246 e. The van der Waals surface area contributed by atoms with Crippen LogP contribution in [0.15, 0.2) is 103 Å². The summed E-state index contributed by atoms with van der Waals surface area (Å²) in [7, 11) is 1.64. The molecule has 4 aromatic carbocycles. The van der Waals surface area contributed by atoms with E-state index in [4.69, 9.17) is 18.9 Å². The number of halogens is 2. The van der Waals surface area contributed by atoms with Crippen LogP contribution in [-0.4, -0.2) is 60.6 Å². The summed E-state index contributed by atoms with van der Waals surface area (Å²) in [6.45, 7) is 10.9. The van der Waals surface area contributed by atoms with E-state index in [-0.39, 0.29) is 24.1 Å². The Bertz CT molecular complexity index is 1990. The Morgan fingerprint density at radius 3 is 2.09 bits per heavy atom. The Morgan fingerprint density at radius 1 is 0.778 bits per heavy atom. The minimum atomic E-state index is -0.269. The van der Waals surface area contributed by atoms with E-state index in [1.165, 1.54) is 28.8 Å². The zero-order valence-electron chi connectivity index (χ0n) is 31.2. The van der Waals surface area contributed by atoms with E-state index in [0.29, 0.717) is 43.7 Å². The summed E-state index contributed by atoms with van der Waals surface area (Å²) >= 11 is 0. The fourth-order valence-corrected chi connectivity index (χ4v) is 6.35. The summed E-state index contributed by atoms with van der Waals surface area (Å²) < 4.78 is 36.1. The van der Waals surface area contributed by atoms with Crippen molar-refractivity contribution in [3.8, 4) is 28.9 Å². The molecule has 1 fully saturated rings. The predicted octanol–water partition coefficient (Wildman–Crippen LogP) is 8.93. The summed E-state index contributed by atoms with van der Waals surface area (Å²) in [6, 6.07) is 28.1. The van der Waals surface area contributed by atoms with E-state index in [1.54, 1.807) is 37.6 Å². The lowest BCUT2D eigenvalue weighted by Gasteiger charge is -2.34. The van der Waals surface area contributed by atoms with Crippen LogP contribution in [0.25, 0.3) is 6.08 Å². The summed E-state index contributed by atoms with van der Waals surface area (Å²) in [6.07, 6.45) is 5.98. The topological polar surface area (TPSA) is 73.4 Å². The first-order valence-electron chi connectivity index (χ1n) is 17.9. The number of methoxy groups -OCH3 is 1. The molecule has 54 heavy (non-hydrogen) atoms. The van der Waals surface area contributed by atoms with Crippen LogP contribution in [0.1, 0.15) is 38.9 Å². The van der Waals surface area contributed by atoms with Crippen molar-refractivity contribution < 1.29 is 28.1 Å². The number of hydrogen-bond donors (Lipinski definition) is 0. The Morgan fingerprint density at radius 2 is 1.44 bits per heavy atom. The predicted molar refractivity (Wildman–Crippen MR) is 212 cm³/mol. The van der Waals surface area contributed by atoms with Crippen LogP contribution in [0.3, 0.4) is 0 Å². The Kier molecular flexibility index (Phi) is 14.1. The lowest BCUT2D eigenvalue weighted by atomic mass is 10.0. The van der Waals surface area contributed by atoms with Crippen LogP contribution in [-0.2, 0) is 24.4 Å². The molecule has 1 aliphatic heterocycles. The summed E-state index contributed by atoms with van der Waals surface area (Å²) in [5.74, 6) is 3.09. The van der Waals surface area contributed by atoms with Crippen molar-refractivity contribution in [1.82, 2.24) is 14.8 Å². The molecule has 0 atom stereocenters. The quantitative estimate of drug-likeness (QED) is 0.105. The molecule has 1 aliphatic rings. The highest BCUT2D eigenvalue weighted by atomic mass is 35.5. The molecule has 282 valence electrons. The maximum absolute atomic E-state index is 13.1. The molecule has 0 N–H and O–H groups in total. The third-order valence-corrected chi connectivity index (χ3v) is 9.33. The number of aromatic nitrogens is 1. The van der Waals surface area contributed by atoms with E-state index in [0.717, 1.165) is 59.8 Å². The molecule has 6 rings (SSSR count). The second-order valence-electron chi connectivity index (χ2n) is 13.3. The molecule has 0 spiro atoms. The number of pyridine rings is 1. The van der Waals surface area contributed by atoms with Gasteiger partial charge in [0.25, 0.3) is 0 Å². The lowest BCUT2D eigenvalue weighted by molar-refractivity contribution is -0.127. The van der Waals surface area contributed by atoms with Gasteiger partial charge in [0.15, 0.2) is 0 Å². The molecular formula is C44H47ClFN3O5.